The molecular weight excluding hydrogens is 465 g/mol. The summed E-state index contributed by atoms with van der Waals surface area (Å²) in [6.45, 7) is 7.24. The van der Waals surface area contributed by atoms with E-state index in [1.165, 1.54) is 96.3 Å². The number of rotatable bonds is 26. The number of ether oxygens (including phenoxy) is 2. The lowest BCUT2D eigenvalue weighted by atomic mass is 10.0. The molecule has 8 heteroatoms. The number of phosphoric acid groups is 1. The van der Waals surface area contributed by atoms with Crippen LogP contribution in [0.1, 0.15) is 110 Å². The van der Waals surface area contributed by atoms with Crippen molar-refractivity contribution >= 4 is 7.82 Å². The van der Waals surface area contributed by atoms with E-state index in [0.29, 0.717) is 19.8 Å². The monoisotopic (exact) mass is 521 g/mol. The largest absolute Gasteiger partial charge is 0.756 e. The quantitative estimate of drug-likeness (QED) is 0.0761. The van der Waals surface area contributed by atoms with Crippen LogP contribution in [-0.4, -0.2) is 70.8 Å². The Labute approximate surface area is 216 Å². The third kappa shape index (κ3) is 20.7. The van der Waals surface area contributed by atoms with Gasteiger partial charge in [-0.15, -0.1) is 0 Å². The van der Waals surface area contributed by atoms with Crippen LogP contribution in [0.15, 0.2) is 0 Å². The minimum atomic E-state index is -4.25. The fourth-order valence-corrected chi connectivity index (χ4v) is 5.34. The van der Waals surface area contributed by atoms with Crippen molar-refractivity contribution in [3.8, 4) is 0 Å². The maximum absolute atomic E-state index is 11.8. The van der Waals surface area contributed by atoms with Gasteiger partial charge in [-0.1, -0.05) is 90.4 Å². The van der Waals surface area contributed by atoms with Gasteiger partial charge in [-0.05, 0) is 6.42 Å². The molecule has 0 saturated carbocycles. The predicted octanol–water partition coefficient (Wildman–Crippen LogP) is 6.24. The minimum Gasteiger partial charge on any atom is -0.756 e. The molecule has 1 saturated heterocycles. The van der Waals surface area contributed by atoms with Gasteiger partial charge in [0.25, 0.3) is 7.82 Å². The van der Waals surface area contributed by atoms with E-state index in [-0.39, 0.29) is 19.8 Å². The van der Waals surface area contributed by atoms with Crippen LogP contribution < -0.4 is 4.89 Å². The Balaban J connectivity index is 1.75. The number of likely N-dealkylation sites (N-methyl/N-ethyl adjacent to an activating group) is 1. The first-order valence-electron chi connectivity index (χ1n) is 14.6. The molecule has 0 aromatic rings. The molecular formula is C27H56NO6P. The van der Waals surface area contributed by atoms with E-state index in [9.17, 15) is 9.46 Å². The molecule has 0 aromatic carbocycles. The Kier molecular flexibility index (Phi) is 20.8. The molecule has 1 atom stereocenters. The van der Waals surface area contributed by atoms with Crippen LogP contribution in [0.3, 0.4) is 0 Å². The van der Waals surface area contributed by atoms with Gasteiger partial charge in [0.05, 0.1) is 46.6 Å². The van der Waals surface area contributed by atoms with E-state index in [2.05, 4.69) is 14.0 Å². The number of hydrogen-bond donors (Lipinski definition) is 0. The van der Waals surface area contributed by atoms with Gasteiger partial charge in [0.2, 0.25) is 0 Å². The van der Waals surface area contributed by atoms with E-state index in [4.69, 9.17) is 18.5 Å². The number of hydrogen-bond acceptors (Lipinski definition) is 6. The Bertz CT molecular complexity index is 516. The molecule has 0 aromatic heterocycles. The third-order valence-corrected chi connectivity index (χ3v) is 8.02. The summed E-state index contributed by atoms with van der Waals surface area (Å²) in [5, 5.41) is 0. The molecule has 1 aliphatic rings. The van der Waals surface area contributed by atoms with Crippen molar-refractivity contribution in [1.29, 1.82) is 0 Å². The SMILES string of the molecule is CCCCCCCCCCCCCCCCOCCOCCOP(=O)([O-])OCC[N+]1(C)CCCC1. The molecule has 0 spiro atoms. The van der Waals surface area contributed by atoms with Crippen molar-refractivity contribution in [2.24, 2.45) is 0 Å². The molecule has 0 radical (unpaired) electrons. The Morgan fingerprint density at radius 1 is 0.629 bits per heavy atom. The van der Waals surface area contributed by atoms with Gasteiger partial charge in [0.15, 0.2) is 0 Å². The first kappa shape index (κ1) is 33.0. The highest BCUT2D eigenvalue weighted by atomic mass is 31.2. The van der Waals surface area contributed by atoms with E-state index in [1.807, 2.05) is 0 Å². The zero-order valence-corrected chi connectivity index (χ0v) is 23.9. The normalized spacial score (nSPS) is 17.1. The average molecular weight is 522 g/mol. The highest BCUT2D eigenvalue weighted by Gasteiger charge is 2.26. The molecule has 0 N–H and O–H groups in total. The molecule has 0 amide bonds. The molecule has 35 heavy (non-hydrogen) atoms. The minimum absolute atomic E-state index is 0.0220. The van der Waals surface area contributed by atoms with Gasteiger partial charge in [-0.2, -0.15) is 0 Å². The smallest absolute Gasteiger partial charge is 0.268 e. The number of nitrogens with zero attached hydrogens (tertiary/aromatic N) is 1. The fourth-order valence-electron chi connectivity index (χ4n) is 4.66. The van der Waals surface area contributed by atoms with E-state index in [1.54, 1.807) is 0 Å². The van der Waals surface area contributed by atoms with Crippen molar-refractivity contribution < 1.29 is 32.5 Å². The second-order valence-electron chi connectivity index (χ2n) is 10.4. The third-order valence-electron chi connectivity index (χ3n) is 7.02. The second kappa shape index (κ2) is 22.0. The van der Waals surface area contributed by atoms with E-state index < -0.39 is 7.82 Å². The summed E-state index contributed by atoms with van der Waals surface area (Å²) >= 11 is 0. The van der Waals surface area contributed by atoms with Gasteiger partial charge < -0.3 is 27.9 Å². The lowest BCUT2D eigenvalue weighted by Gasteiger charge is -2.30. The van der Waals surface area contributed by atoms with Crippen LogP contribution in [-0.2, 0) is 23.1 Å². The summed E-state index contributed by atoms with van der Waals surface area (Å²) in [5.74, 6) is 0. The molecule has 1 rings (SSSR count). The van der Waals surface area contributed by atoms with Crippen LogP contribution in [0.4, 0.5) is 0 Å². The van der Waals surface area contributed by atoms with Crippen molar-refractivity contribution in [2.45, 2.75) is 110 Å². The maximum Gasteiger partial charge on any atom is 0.268 e. The lowest BCUT2D eigenvalue weighted by molar-refractivity contribution is -0.897. The molecule has 1 aliphatic heterocycles. The van der Waals surface area contributed by atoms with Gasteiger partial charge in [-0.3, -0.25) is 4.57 Å². The Morgan fingerprint density at radius 2 is 1.06 bits per heavy atom. The summed E-state index contributed by atoms with van der Waals surface area (Å²) in [5.41, 5.74) is 0. The predicted molar refractivity (Wildman–Crippen MR) is 141 cm³/mol. The van der Waals surface area contributed by atoms with Gasteiger partial charge >= 0.3 is 0 Å². The zero-order chi connectivity index (χ0) is 25.5. The summed E-state index contributed by atoms with van der Waals surface area (Å²) in [4.78, 5) is 11.8. The van der Waals surface area contributed by atoms with Gasteiger partial charge in [0.1, 0.15) is 13.2 Å². The molecule has 7 nitrogen and oxygen atoms in total. The standard InChI is InChI=1S/C27H56NO6P/c1-3-4-5-6-7-8-9-10-11-12-13-14-15-18-22-31-24-25-32-26-27-34-35(29,30)33-23-21-28(2)19-16-17-20-28/h3-27H2,1-2H3. The number of quaternary nitrogens is 1. The first-order valence-corrected chi connectivity index (χ1v) is 16.0. The second-order valence-corrected chi connectivity index (χ2v) is 11.8. The molecule has 0 bridgehead atoms. The van der Waals surface area contributed by atoms with Crippen molar-refractivity contribution in [2.75, 3.05) is 66.3 Å². The Morgan fingerprint density at radius 3 is 1.60 bits per heavy atom. The van der Waals surface area contributed by atoms with Crippen molar-refractivity contribution in [3.63, 3.8) is 0 Å². The van der Waals surface area contributed by atoms with Crippen molar-refractivity contribution in [3.05, 3.63) is 0 Å². The number of phosphoric ester groups is 1. The van der Waals surface area contributed by atoms with Crippen LogP contribution in [0.5, 0.6) is 0 Å². The number of unbranched alkanes of at least 4 members (excludes halogenated alkanes) is 13. The van der Waals surface area contributed by atoms with Crippen LogP contribution >= 0.6 is 7.82 Å². The zero-order valence-electron chi connectivity index (χ0n) is 23.0. The molecule has 1 fully saturated rings. The molecule has 210 valence electrons. The first-order chi connectivity index (χ1) is 17.0. The molecule has 1 unspecified atom stereocenters. The van der Waals surface area contributed by atoms with Crippen LogP contribution in [0.25, 0.3) is 0 Å². The van der Waals surface area contributed by atoms with Crippen molar-refractivity contribution in [1.82, 2.24) is 0 Å². The topological polar surface area (TPSA) is 77.1 Å². The van der Waals surface area contributed by atoms with Gasteiger partial charge in [-0.25, -0.2) is 0 Å². The fraction of sp³-hybridized carbons (Fsp3) is 1.00. The Hall–Kier alpha value is -0.0100. The van der Waals surface area contributed by atoms with E-state index in [0.717, 1.165) is 30.6 Å². The molecule has 1 heterocycles. The maximum atomic E-state index is 11.8. The highest BCUT2D eigenvalue weighted by molar-refractivity contribution is 7.45. The van der Waals surface area contributed by atoms with Crippen LogP contribution in [0, 0.1) is 0 Å². The highest BCUT2D eigenvalue weighted by Crippen LogP contribution is 2.38. The summed E-state index contributed by atoms with van der Waals surface area (Å²) < 4.78 is 33.5. The average Bonchev–Trinajstić information content (AvgIpc) is 3.26. The molecule has 0 aliphatic carbocycles. The van der Waals surface area contributed by atoms with Crippen LogP contribution in [0.2, 0.25) is 0 Å². The van der Waals surface area contributed by atoms with Gasteiger partial charge in [0, 0.05) is 19.4 Å². The summed E-state index contributed by atoms with van der Waals surface area (Å²) in [7, 11) is -2.10. The lowest BCUT2D eigenvalue weighted by Crippen LogP contribution is -2.43. The number of likely N-dealkylation sites (tertiary alicyclic amines) is 1. The summed E-state index contributed by atoms with van der Waals surface area (Å²) in [6, 6.07) is 0. The summed E-state index contributed by atoms with van der Waals surface area (Å²) in [6.07, 6.45) is 21.3. The van der Waals surface area contributed by atoms with E-state index >= 15 is 0 Å².